The molecule has 19 heavy (non-hydrogen) atoms. The van der Waals surface area contributed by atoms with E-state index in [2.05, 4.69) is 19.2 Å². The first-order valence-electron chi connectivity index (χ1n) is 7.35. The van der Waals surface area contributed by atoms with Gasteiger partial charge in [-0.1, -0.05) is 32.0 Å². The smallest absolute Gasteiger partial charge is 0.127 e. The second-order valence-corrected chi connectivity index (χ2v) is 5.26. The second-order valence-electron chi connectivity index (χ2n) is 5.26. The molecule has 2 rings (SSSR count). The summed E-state index contributed by atoms with van der Waals surface area (Å²) in [5.41, 5.74) is 0.775. The lowest BCUT2D eigenvalue weighted by atomic mass is 9.97. The molecule has 1 fully saturated rings. The van der Waals surface area contributed by atoms with E-state index in [0.29, 0.717) is 12.0 Å². The fourth-order valence-corrected chi connectivity index (χ4v) is 2.90. The van der Waals surface area contributed by atoms with E-state index in [0.717, 1.165) is 38.0 Å². The maximum atomic E-state index is 13.8. The summed E-state index contributed by atoms with van der Waals surface area (Å²) in [6.07, 6.45) is 3.43. The van der Waals surface area contributed by atoms with E-state index in [4.69, 9.17) is 4.74 Å². The molecule has 1 saturated heterocycles. The minimum Gasteiger partial charge on any atom is -0.378 e. The van der Waals surface area contributed by atoms with Crippen LogP contribution in [0.1, 0.15) is 44.7 Å². The number of rotatable bonds is 6. The molecular weight excluding hydrogens is 241 g/mol. The Bertz CT molecular complexity index is 396. The Labute approximate surface area is 115 Å². The van der Waals surface area contributed by atoms with Crippen molar-refractivity contribution in [2.45, 2.75) is 45.3 Å². The van der Waals surface area contributed by atoms with Crippen LogP contribution in [0.15, 0.2) is 24.3 Å². The van der Waals surface area contributed by atoms with Crippen LogP contribution < -0.4 is 5.32 Å². The Morgan fingerprint density at radius 2 is 2.16 bits per heavy atom. The highest BCUT2D eigenvalue weighted by Gasteiger charge is 2.27. The van der Waals surface area contributed by atoms with Gasteiger partial charge in [0.1, 0.15) is 5.82 Å². The molecule has 0 bridgehead atoms. The molecule has 0 saturated carbocycles. The zero-order chi connectivity index (χ0) is 13.7. The highest BCUT2D eigenvalue weighted by molar-refractivity contribution is 5.21. The number of hydrogen-bond donors (Lipinski definition) is 1. The SMILES string of the molecule is CCC(NCC1CCOC1CC)c1ccccc1F. The van der Waals surface area contributed by atoms with Gasteiger partial charge in [-0.3, -0.25) is 0 Å². The van der Waals surface area contributed by atoms with Crippen molar-refractivity contribution in [1.29, 1.82) is 0 Å². The normalized spacial score (nSPS) is 24.6. The van der Waals surface area contributed by atoms with Crippen LogP contribution in [0.25, 0.3) is 0 Å². The predicted molar refractivity (Wildman–Crippen MR) is 75.6 cm³/mol. The lowest BCUT2D eigenvalue weighted by Crippen LogP contribution is -2.31. The van der Waals surface area contributed by atoms with Crippen molar-refractivity contribution in [2.24, 2.45) is 5.92 Å². The van der Waals surface area contributed by atoms with Crippen molar-refractivity contribution >= 4 is 0 Å². The van der Waals surface area contributed by atoms with Gasteiger partial charge >= 0.3 is 0 Å². The molecule has 0 amide bonds. The fraction of sp³-hybridized carbons (Fsp3) is 0.625. The molecule has 1 aromatic rings. The first-order chi connectivity index (χ1) is 9.26. The third-order valence-electron chi connectivity index (χ3n) is 4.06. The van der Waals surface area contributed by atoms with Crippen LogP contribution in [-0.4, -0.2) is 19.3 Å². The summed E-state index contributed by atoms with van der Waals surface area (Å²) < 4.78 is 19.5. The van der Waals surface area contributed by atoms with Gasteiger partial charge in [0, 0.05) is 24.8 Å². The first kappa shape index (κ1) is 14.5. The van der Waals surface area contributed by atoms with Gasteiger partial charge in [0.2, 0.25) is 0 Å². The van der Waals surface area contributed by atoms with Gasteiger partial charge in [-0.2, -0.15) is 0 Å². The average molecular weight is 265 g/mol. The summed E-state index contributed by atoms with van der Waals surface area (Å²) in [5, 5.41) is 3.51. The number of benzene rings is 1. The van der Waals surface area contributed by atoms with Crippen LogP contribution in [0.5, 0.6) is 0 Å². The monoisotopic (exact) mass is 265 g/mol. The Morgan fingerprint density at radius 3 is 2.84 bits per heavy atom. The summed E-state index contributed by atoms with van der Waals surface area (Å²) in [6.45, 7) is 6.02. The van der Waals surface area contributed by atoms with Crippen LogP contribution in [0, 0.1) is 11.7 Å². The van der Waals surface area contributed by atoms with Crippen molar-refractivity contribution in [1.82, 2.24) is 5.32 Å². The van der Waals surface area contributed by atoms with E-state index in [-0.39, 0.29) is 11.9 Å². The minimum atomic E-state index is -0.114. The molecule has 1 heterocycles. The molecule has 3 heteroatoms. The summed E-state index contributed by atoms with van der Waals surface area (Å²) in [5.74, 6) is 0.447. The van der Waals surface area contributed by atoms with E-state index in [9.17, 15) is 4.39 Å². The molecule has 1 aliphatic rings. The number of ether oxygens (including phenoxy) is 1. The molecule has 106 valence electrons. The predicted octanol–water partition coefficient (Wildman–Crippen LogP) is 3.68. The topological polar surface area (TPSA) is 21.3 Å². The molecule has 0 spiro atoms. The Hall–Kier alpha value is -0.930. The van der Waals surface area contributed by atoms with Crippen molar-refractivity contribution in [2.75, 3.05) is 13.2 Å². The molecule has 1 N–H and O–H groups in total. The van der Waals surface area contributed by atoms with E-state index in [1.807, 2.05) is 12.1 Å². The molecule has 2 nitrogen and oxygen atoms in total. The molecule has 3 unspecified atom stereocenters. The zero-order valence-electron chi connectivity index (χ0n) is 11.9. The van der Waals surface area contributed by atoms with Gasteiger partial charge in [0.25, 0.3) is 0 Å². The lowest BCUT2D eigenvalue weighted by molar-refractivity contribution is 0.0865. The molecular formula is C16H24FNO. The van der Waals surface area contributed by atoms with Gasteiger partial charge in [0.15, 0.2) is 0 Å². The molecule has 0 aromatic heterocycles. The van der Waals surface area contributed by atoms with Crippen LogP contribution in [0.3, 0.4) is 0 Å². The first-order valence-corrected chi connectivity index (χ1v) is 7.35. The van der Waals surface area contributed by atoms with Crippen molar-refractivity contribution in [3.05, 3.63) is 35.6 Å². The standard InChI is InChI=1S/C16H24FNO/c1-3-15(13-7-5-6-8-14(13)17)18-11-12-9-10-19-16(12)4-2/h5-8,12,15-16,18H,3-4,9-11H2,1-2H3. The zero-order valence-corrected chi connectivity index (χ0v) is 11.9. The summed E-state index contributed by atoms with van der Waals surface area (Å²) in [4.78, 5) is 0. The molecule has 1 aromatic carbocycles. The van der Waals surface area contributed by atoms with Crippen molar-refractivity contribution in [3.63, 3.8) is 0 Å². The molecule has 3 atom stereocenters. The number of hydrogen-bond acceptors (Lipinski definition) is 2. The Morgan fingerprint density at radius 1 is 1.37 bits per heavy atom. The number of halogens is 1. The fourth-order valence-electron chi connectivity index (χ4n) is 2.90. The maximum absolute atomic E-state index is 13.8. The summed E-state index contributed by atoms with van der Waals surface area (Å²) in [7, 11) is 0. The van der Waals surface area contributed by atoms with Crippen LogP contribution in [0.2, 0.25) is 0 Å². The Balaban J connectivity index is 1.95. The van der Waals surface area contributed by atoms with E-state index in [1.54, 1.807) is 6.07 Å². The maximum Gasteiger partial charge on any atom is 0.127 e. The largest absolute Gasteiger partial charge is 0.378 e. The average Bonchev–Trinajstić information content (AvgIpc) is 2.88. The quantitative estimate of drug-likeness (QED) is 0.847. The highest BCUT2D eigenvalue weighted by Crippen LogP contribution is 2.25. The summed E-state index contributed by atoms with van der Waals surface area (Å²) in [6, 6.07) is 7.14. The minimum absolute atomic E-state index is 0.0966. The Kier molecular flexibility index (Phi) is 5.34. The third kappa shape index (κ3) is 3.54. The van der Waals surface area contributed by atoms with E-state index in [1.165, 1.54) is 6.07 Å². The van der Waals surface area contributed by atoms with Crippen LogP contribution in [0.4, 0.5) is 4.39 Å². The van der Waals surface area contributed by atoms with Gasteiger partial charge in [-0.05, 0) is 31.2 Å². The van der Waals surface area contributed by atoms with E-state index < -0.39 is 0 Å². The molecule has 0 aliphatic carbocycles. The van der Waals surface area contributed by atoms with Gasteiger partial charge in [-0.25, -0.2) is 4.39 Å². The highest BCUT2D eigenvalue weighted by atomic mass is 19.1. The third-order valence-corrected chi connectivity index (χ3v) is 4.06. The van der Waals surface area contributed by atoms with Gasteiger partial charge in [0.05, 0.1) is 6.10 Å². The molecule has 0 radical (unpaired) electrons. The van der Waals surface area contributed by atoms with Gasteiger partial charge < -0.3 is 10.1 Å². The second kappa shape index (κ2) is 7.01. The lowest BCUT2D eigenvalue weighted by Gasteiger charge is -2.23. The number of nitrogens with one attached hydrogen (secondary N) is 1. The van der Waals surface area contributed by atoms with Crippen LogP contribution >= 0.6 is 0 Å². The van der Waals surface area contributed by atoms with Crippen molar-refractivity contribution in [3.8, 4) is 0 Å². The van der Waals surface area contributed by atoms with Crippen molar-refractivity contribution < 1.29 is 9.13 Å². The van der Waals surface area contributed by atoms with Gasteiger partial charge in [-0.15, -0.1) is 0 Å². The van der Waals surface area contributed by atoms with E-state index >= 15 is 0 Å². The molecule has 1 aliphatic heterocycles. The van der Waals surface area contributed by atoms with Crippen LogP contribution in [-0.2, 0) is 4.74 Å². The summed E-state index contributed by atoms with van der Waals surface area (Å²) >= 11 is 0.